The number of carboxylic acid groups (broad SMARTS) is 1. The van der Waals surface area contributed by atoms with Crippen LogP contribution >= 0.6 is 0 Å². The molecule has 0 fully saturated rings. The molecule has 0 atom stereocenters. The van der Waals surface area contributed by atoms with E-state index < -0.39 is 5.97 Å². The van der Waals surface area contributed by atoms with Gasteiger partial charge < -0.3 is 5.11 Å². The van der Waals surface area contributed by atoms with Crippen molar-refractivity contribution in [3.63, 3.8) is 0 Å². The zero-order valence-electron chi connectivity index (χ0n) is 13.6. The van der Waals surface area contributed by atoms with Gasteiger partial charge in [-0.3, -0.25) is 19.9 Å². The maximum absolute atomic E-state index is 10.6. The van der Waals surface area contributed by atoms with Crippen molar-refractivity contribution in [3.05, 3.63) is 72.3 Å². The van der Waals surface area contributed by atoms with Gasteiger partial charge in [-0.05, 0) is 42.3 Å². The average Bonchev–Trinajstić information content (AvgIpc) is 2.67. The highest BCUT2D eigenvalue weighted by molar-refractivity contribution is 5.92. The minimum Gasteiger partial charge on any atom is -0.478 e. The Kier molecular flexibility index (Phi) is 4.89. The average molecular weight is 332 g/mol. The van der Waals surface area contributed by atoms with Gasteiger partial charge >= 0.3 is 5.97 Å². The zero-order valence-corrected chi connectivity index (χ0v) is 13.6. The Hall–Kier alpha value is -3.41. The number of aromatic carboxylic acids is 1. The molecule has 0 aliphatic heterocycles. The van der Waals surface area contributed by atoms with Crippen LogP contribution in [0.25, 0.3) is 22.1 Å². The van der Waals surface area contributed by atoms with Crippen LogP contribution in [0.5, 0.6) is 0 Å². The quantitative estimate of drug-likeness (QED) is 0.604. The van der Waals surface area contributed by atoms with Gasteiger partial charge in [-0.1, -0.05) is 13.0 Å². The van der Waals surface area contributed by atoms with Gasteiger partial charge in [0, 0.05) is 24.8 Å². The molecule has 0 amide bonds. The summed E-state index contributed by atoms with van der Waals surface area (Å²) < 4.78 is 0. The highest BCUT2D eigenvalue weighted by Crippen LogP contribution is 2.11. The smallest absolute Gasteiger partial charge is 0.335 e. The molecule has 0 aliphatic carbocycles. The van der Waals surface area contributed by atoms with Crippen molar-refractivity contribution in [2.75, 3.05) is 0 Å². The van der Waals surface area contributed by atoms with E-state index in [2.05, 4.69) is 39.0 Å². The normalized spacial score (nSPS) is 10.3. The first-order valence-electron chi connectivity index (χ1n) is 7.81. The zero-order chi connectivity index (χ0) is 17.6. The summed E-state index contributed by atoms with van der Waals surface area (Å²) >= 11 is 0. The minimum absolute atomic E-state index is 0.230. The van der Waals surface area contributed by atoms with Gasteiger partial charge in [-0.2, -0.15) is 0 Å². The Bertz CT molecular complexity index is 1030. The van der Waals surface area contributed by atoms with Gasteiger partial charge in [0.2, 0.25) is 0 Å². The number of rotatable bonds is 2. The summed E-state index contributed by atoms with van der Waals surface area (Å²) in [5.74, 6) is -0.951. The Morgan fingerprint density at radius 3 is 1.88 bits per heavy atom. The highest BCUT2D eigenvalue weighted by atomic mass is 16.4. The van der Waals surface area contributed by atoms with Crippen LogP contribution in [0.3, 0.4) is 0 Å². The fraction of sp³-hybridized carbons (Fsp3) is 0.105. The van der Waals surface area contributed by atoms with E-state index >= 15 is 0 Å². The van der Waals surface area contributed by atoms with Crippen LogP contribution < -0.4 is 0 Å². The van der Waals surface area contributed by atoms with Crippen LogP contribution in [-0.2, 0) is 6.42 Å². The summed E-state index contributed by atoms with van der Waals surface area (Å²) in [6.07, 6.45) is 7.60. The molecule has 0 unspecified atom stereocenters. The summed E-state index contributed by atoms with van der Waals surface area (Å²) in [7, 11) is 0. The lowest BCUT2D eigenvalue weighted by Crippen LogP contribution is -1.96. The van der Waals surface area contributed by atoms with Crippen molar-refractivity contribution >= 4 is 28.0 Å². The second-order valence-electron chi connectivity index (χ2n) is 5.30. The van der Waals surface area contributed by atoms with Gasteiger partial charge in [0.05, 0.1) is 27.6 Å². The first-order valence-corrected chi connectivity index (χ1v) is 7.81. The molecule has 0 spiro atoms. The van der Waals surface area contributed by atoms with E-state index in [1.54, 1.807) is 24.7 Å². The number of carboxylic acids is 1. The second-order valence-corrected chi connectivity index (χ2v) is 5.30. The van der Waals surface area contributed by atoms with E-state index in [4.69, 9.17) is 5.11 Å². The van der Waals surface area contributed by atoms with Crippen LogP contribution in [0.2, 0.25) is 0 Å². The molecular formula is C19H16N4O2. The van der Waals surface area contributed by atoms with Gasteiger partial charge in [-0.15, -0.1) is 0 Å². The molecule has 0 bridgehead atoms. The van der Waals surface area contributed by atoms with E-state index in [1.165, 1.54) is 23.9 Å². The Balaban J connectivity index is 0.000000146. The van der Waals surface area contributed by atoms with E-state index in [9.17, 15) is 4.79 Å². The van der Waals surface area contributed by atoms with Crippen molar-refractivity contribution in [1.29, 1.82) is 0 Å². The summed E-state index contributed by atoms with van der Waals surface area (Å²) in [6, 6.07) is 10.9. The van der Waals surface area contributed by atoms with Crippen LogP contribution in [0, 0.1) is 0 Å². The van der Waals surface area contributed by atoms with E-state index in [1.807, 2.05) is 6.07 Å². The minimum atomic E-state index is -0.951. The van der Waals surface area contributed by atoms with Crippen molar-refractivity contribution in [1.82, 2.24) is 19.9 Å². The topological polar surface area (TPSA) is 88.9 Å². The van der Waals surface area contributed by atoms with Gasteiger partial charge in [0.25, 0.3) is 0 Å². The van der Waals surface area contributed by atoms with Gasteiger partial charge in [0.1, 0.15) is 0 Å². The summed E-state index contributed by atoms with van der Waals surface area (Å²) in [5, 5.41) is 8.70. The Morgan fingerprint density at radius 1 is 0.800 bits per heavy atom. The predicted molar refractivity (Wildman–Crippen MR) is 95.4 cm³/mol. The second kappa shape index (κ2) is 7.44. The van der Waals surface area contributed by atoms with Crippen molar-refractivity contribution in [2.24, 2.45) is 0 Å². The van der Waals surface area contributed by atoms with Gasteiger partial charge in [0.15, 0.2) is 0 Å². The number of aromatic nitrogens is 4. The molecule has 4 rings (SSSR count). The number of nitrogens with zero attached hydrogens (tertiary/aromatic N) is 4. The lowest BCUT2D eigenvalue weighted by atomic mass is 10.1. The van der Waals surface area contributed by atoms with E-state index in [0.717, 1.165) is 17.5 Å². The fourth-order valence-corrected chi connectivity index (χ4v) is 2.33. The molecule has 2 aromatic heterocycles. The molecule has 0 saturated heterocycles. The summed E-state index contributed by atoms with van der Waals surface area (Å²) in [5.41, 5.74) is 4.79. The van der Waals surface area contributed by atoms with E-state index in [0.29, 0.717) is 11.0 Å². The molecule has 1 N–H and O–H groups in total. The van der Waals surface area contributed by atoms with Crippen molar-refractivity contribution in [3.8, 4) is 0 Å². The van der Waals surface area contributed by atoms with E-state index in [-0.39, 0.29) is 5.56 Å². The number of carbonyl (C=O) groups is 1. The van der Waals surface area contributed by atoms with Gasteiger partial charge in [-0.25, -0.2) is 4.79 Å². The van der Waals surface area contributed by atoms with Crippen molar-refractivity contribution in [2.45, 2.75) is 13.3 Å². The maximum atomic E-state index is 10.6. The van der Waals surface area contributed by atoms with Crippen molar-refractivity contribution < 1.29 is 9.90 Å². The van der Waals surface area contributed by atoms with Crippen LogP contribution in [0.4, 0.5) is 0 Å². The third-order valence-electron chi connectivity index (χ3n) is 3.66. The number of fused-ring (bicyclic) bond motifs is 2. The number of aryl methyl sites for hydroxylation is 1. The predicted octanol–water partition coefficient (Wildman–Crippen LogP) is 3.52. The monoisotopic (exact) mass is 332 g/mol. The molecule has 0 radical (unpaired) electrons. The molecule has 124 valence electrons. The maximum Gasteiger partial charge on any atom is 0.335 e. The summed E-state index contributed by atoms with van der Waals surface area (Å²) in [6.45, 7) is 2.14. The lowest BCUT2D eigenvalue weighted by Gasteiger charge is -1.97. The highest BCUT2D eigenvalue weighted by Gasteiger charge is 2.03. The largest absolute Gasteiger partial charge is 0.478 e. The van der Waals surface area contributed by atoms with Crippen LogP contribution in [-0.4, -0.2) is 31.0 Å². The molecule has 6 nitrogen and oxygen atoms in total. The molecular weight excluding hydrogens is 316 g/mol. The SMILES string of the molecule is CCc1ccc2nccnc2c1.O=C(O)c1ccc2nccnc2c1. The standard InChI is InChI=1S/C10H10N2.C9H6N2O2/c1-2-8-3-4-9-10(7-8)12-6-5-11-9;12-9(13)6-1-2-7-8(5-6)11-4-3-10-7/h3-7H,2H2,1H3;1-5H,(H,12,13). The fourth-order valence-electron chi connectivity index (χ4n) is 2.33. The lowest BCUT2D eigenvalue weighted by molar-refractivity contribution is 0.0697. The van der Waals surface area contributed by atoms with Crippen LogP contribution in [0.1, 0.15) is 22.8 Å². The molecule has 4 aromatic rings. The molecule has 6 heteroatoms. The molecule has 2 heterocycles. The molecule has 2 aromatic carbocycles. The Labute approximate surface area is 144 Å². The third-order valence-corrected chi connectivity index (χ3v) is 3.66. The molecule has 0 aliphatic rings. The number of hydrogen-bond acceptors (Lipinski definition) is 5. The molecule has 25 heavy (non-hydrogen) atoms. The third kappa shape index (κ3) is 3.92. The first kappa shape index (κ1) is 16.4. The molecule has 0 saturated carbocycles. The van der Waals surface area contributed by atoms with Crippen LogP contribution in [0.15, 0.2) is 61.2 Å². The first-order chi connectivity index (χ1) is 12.2. The number of hydrogen-bond donors (Lipinski definition) is 1. The summed E-state index contributed by atoms with van der Waals surface area (Å²) in [4.78, 5) is 27.0. The Morgan fingerprint density at radius 2 is 1.32 bits per heavy atom. The number of benzene rings is 2.